The lowest BCUT2D eigenvalue weighted by Crippen LogP contribution is -2.41. The number of rotatable bonds is 4. The second-order valence-electron chi connectivity index (χ2n) is 9.55. The third-order valence-electron chi connectivity index (χ3n) is 7.40. The number of likely N-dealkylation sites (tertiary alicyclic amines) is 1. The Hall–Kier alpha value is -3.31. The summed E-state index contributed by atoms with van der Waals surface area (Å²) in [5, 5.41) is 4.45. The van der Waals surface area contributed by atoms with E-state index in [9.17, 15) is 14.4 Å². The fourth-order valence-corrected chi connectivity index (χ4v) is 7.39. The van der Waals surface area contributed by atoms with Crippen molar-refractivity contribution in [3.63, 3.8) is 0 Å². The van der Waals surface area contributed by atoms with Crippen LogP contribution in [-0.4, -0.2) is 62.7 Å². The molecule has 0 bridgehead atoms. The van der Waals surface area contributed by atoms with Crippen LogP contribution in [0.1, 0.15) is 30.2 Å². The quantitative estimate of drug-likeness (QED) is 0.424. The maximum Gasteiger partial charge on any atom is 0.305 e. The van der Waals surface area contributed by atoms with Gasteiger partial charge in [0.2, 0.25) is 11.8 Å². The molecule has 11 heteroatoms. The fraction of sp³-hybridized carbons (Fsp3) is 0.400. The van der Waals surface area contributed by atoms with E-state index in [1.54, 1.807) is 29.5 Å². The van der Waals surface area contributed by atoms with Crippen molar-refractivity contribution in [3.05, 3.63) is 44.6 Å². The molecule has 1 aromatic carbocycles. The van der Waals surface area contributed by atoms with Gasteiger partial charge >= 0.3 is 4.87 Å². The molecule has 2 unspecified atom stereocenters. The lowest BCUT2D eigenvalue weighted by Gasteiger charge is -2.28. The van der Waals surface area contributed by atoms with Gasteiger partial charge < -0.3 is 20.1 Å². The average molecular weight is 523 g/mol. The van der Waals surface area contributed by atoms with Crippen molar-refractivity contribution < 1.29 is 9.59 Å². The van der Waals surface area contributed by atoms with Crippen molar-refractivity contribution in [1.82, 2.24) is 24.8 Å². The number of anilines is 2. The van der Waals surface area contributed by atoms with Gasteiger partial charge in [0.25, 0.3) is 0 Å². The topological polar surface area (TPSA) is 111 Å². The number of H-pyrrole nitrogens is 1. The summed E-state index contributed by atoms with van der Waals surface area (Å²) >= 11 is 2.83. The zero-order valence-corrected chi connectivity index (χ0v) is 21.7. The number of thiophene rings is 1. The van der Waals surface area contributed by atoms with Crippen LogP contribution in [0.3, 0.4) is 0 Å². The summed E-state index contributed by atoms with van der Waals surface area (Å²) in [6.07, 6.45) is 4.70. The molecule has 2 amide bonds. The summed E-state index contributed by atoms with van der Waals surface area (Å²) in [5.74, 6) is 0.936. The van der Waals surface area contributed by atoms with Crippen LogP contribution in [0.5, 0.6) is 0 Å². The van der Waals surface area contributed by atoms with Crippen molar-refractivity contribution in [1.29, 1.82) is 0 Å². The van der Waals surface area contributed by atoms with Gasteiger partial charge in [-0.25, -0.2) is 9.97 Å². The van der Waals surface area contributed by atoms with Crippen molar-refractivity contribution in [2.45, 2.75) is 38.6 Å². The highest BCUT2D eigenvalue weighted by atomic mass is 32.1. The van der Waals surface area contributed by atoms with Crippen LogP contribution in [0, 0.1) is 5.92 Å². The number of carbonyl (C=O) groups is 2. The van der Waals surface area contributed by atoms with Crippen molar-refractivity contribution >= 4 is 66.4 Å². The SMILES string of the molecule is CC(=O)N(C)C1CCN(C(=O)C2CCc3c(sc4ncnc(Nc5ccc6[nH]c(=O)sc6c5)c34)C2)C1. The Morgan fingerprint density at radius 1 is 1.22 bits per heavy atom. The monoisotopic (exact) mass is 522 g/mol. The van der Waals surface area contributed by atoms with E-state index in [2.05, 4.69) is 20.3 Å². The third kappa shape index (κ3) is 4.05. The number of benzene rings is 1. The molecule has 3 aromatic heterocycles. The number of fused-ring (bicyclic) bond motifs is 4. The maximum atomic E-state index is 13.3. The van der Waals surface area contributed by atoms with Crippen LogP contribution in [0.15, 0.2) is 29.3 Å². The number of aryl methyl sites for hydroxylation is 1. The van der Waals surface area contributed by atoms with E-state index in [0.29, 0.717) is 19.5 Å². The Balaban J connectivity index is 1.23. The van der Waals surface area contributed by atoms with E-state index in [1.807, 2.05) is 30.1 Å². The van der Waals surface area contributed by atoms with E-state index >= 15 is 0 Å². The zero-order valence-electron chi connectivity index (χ0n) is 20.0. The van der Waals surface area contributed by atoms with Gasteiger partial charge in [-0.05, 0) is 49.4 Å². The normalized spacial score (nSPS) is 19.6. The van der Waals surface area contributed by atoms with Gasteiger partial charge in [-0.1, -0.05) is 11.3 Å². The minimum atomic E-state index is -0.0714. The van der Waals surface area contributed by atoms with Crippen LogP contribution in [0.4, 0.5) is 11.5 Å². The summed E-state index contributed by atoms with van der Waals surface area (Å²) in [6, 6.07) is 5.88. The van der Waals surface area contributed by atoms with E-state index in [1.165, 1.54) is 21.8 Å². The zero-order chi connectivity index (χ0) is 25.0. The highest BCUT2D eigenvalue weighted by molar-refractivity contribution is 7.19. The van der Waals surface area contributed by atoms with Gasteiger partial charge in [0.05, 0.1) is 21.6 Å². The number of likely N-dealkylation sites (N-methyl/N-ethyl adjacent to an activating group) is 1. The molecular formula is C25H26N6O3S2. The number of hydrogen-bond donors (Lipinski definition) is 2. The molecule has 9 nitrogen and oxygen atoms in total. The summed E-state index contributed by atoms with van der Waals surface area (Å²) in [4.78, 5) is 54.4. The Labute approximate surface area is 215 Å². The average Bonchev–Trinajstić information content (AvgIpc) is 3.58. The van der Waals surface area contributed by atoms with Gasteiger partial charge in [-0.3, -0.25) is 14.4 Å². The van der Waals surface area contributed by atoms with Crippen molar-refractivity contribution in [3.8, 4) is 0 Å². The number of thiazole rings is 1. The van der Waals surface area contributed by atoms with E-state index < -0.39 is 0 Å². The molecule has 1 saturated heterocycles. The van der Waals surface area contributed by atoms with E-state index in [4.69, 9.17) is 0 Å². The maximum absolute atomic E-state index is 13.3. The molecule has 36 heavy (non-hydrogen) atoms. The number of nitrogens with zero attached hydrogens (tertiary/aromatic N) is 4. The third-order valence-corrected chi connectivity index (χ3v) is 9.41. The molecule has 4 aromatic rings. The van der Waals surface area contributed by atoms with E-state index in [-0.39, 0.29) is 28.6 Å². The second-order valence-corrected chi connectivity index (χ2v) is 11.7. The van der Waals surface area contributed by atoms with Crippen LogP contribution in [0.25, 0.3) is 20.4 Å². The second kappa shape index (κ2) is 8.97. The molecule has 0 spiro atoms. The highest BCUT2D eigenvalue weighted by Crippen LogP contribution is 2.41. The van der Waals surface area contributed by atoms with E-state index in [0.717, 1.165) is 51.2 Å². The molecule has 0 saturated carbocycles. The van der Waals surface area contributed by atoms with Crippen molar-refractivity contribution in [2.75, 3.05) is 25.5 Å². The molecule has 2 aliphatic rings. The highest BCUT2D eigenvalue weighted by Gasteiger charge is 2.36. The Morgan fingerprint density at radius 2 is 2.08 bits per heavy atom. The summed E-state index contributed by atoms with van der Waals surface area (Å²) in [7, 11) is 1.82. The number of hydrogen-bond acceptors (Lipinski definition) is 8. The molecular weight excluding hydrogens is 496 g/mol. The van der Waals surface area contributed by atoms with Crippen LogP contribution in [-0.2, 0) is 22.4 Å². The molecule has 1 fully saturated rings. The number of carbonyl (C=O) groups excluding carboxylic acids is 2. The van der Waals surface area contributed by atoms with Crippen LogP contribution < -0.4 is 10.2 Å². The summed E-state index contributed by atoms with van der Waals surface area (Å²) in [6.45, 7) is 2.89. The van der Waals surface area contributed by atoms with Gasteiger partial charge in [-0.15, -0.1) is 11.3 Å². The van der Waals surface area contributed by atoms with Gasteiger partial charge in [-0.2, -0.15) is 0 Å². The molecule has 186 valence electrons. The molecule has 2 atom stereocenters. The predicted octanol–water partition coefficient (Wildman–Crippen LogP) is 3.52. The molecule has 6 rings (SSSR count). The lowest BCUT2D eigenvalue weighted by molar-refractivity contribution is -0.136. The predicted molar refractivity (Wildman–Crippen MR) is 142 cm³/mol. The largest absolute Gasteiger partial charge is 0.341 e. The number of aromatic nitrogens is 3. The van der Waals surface area contributed by atoms with Gasteiger partial charge in [0, 0.05) is 43.5 Å². The Morgan fingerprint density at radius 3 is 2.92 bits per heavy atom. The molecule has 2 N–H and O–H groups in total. The first kappa shape index (κ1) is 23.1. The first-order valence-electron chi connectivity index (χ1n) is 12.0. The van der Waals surface area contributed by atoms with Crippen molar-refractivity contribution in [2.24, 2.45) is 5.92 Å². The smallest absolute Gasteiger partial charge is 0.305 e. The van der Waals surface area contributed by atoms with Gasteiger partial charge in [0.15, 0.2) is 0 Å². The minimum Gasteiger partial charge on any atom is -0.341 e. The summed E-state index contributed by atoms with van der Waals surface area (Å²) < 4.78 is 0.891. The standard InChI is InChI=1S/C25H26N6O3S2/c1-13(32)30(2)16-7-8-31(11-16)24(33)14-3-5-17-19(9-14)35-23-21(17)22(26-12-27-23)28-15-4-6-18-20(10-15)36-25(34)29-18/h4,6,10,12,14,16H,3,5,7-9,11H2,1-2H3,(H,29,34)(H,26,27,28). The summed E-state index contributed by atoms with van der Waals surface area (Å²) in [5.41, 5.74) is 2.91. The van der Waals surface area contributed by atoms with Gasteiger partial charge in [0.1, 0.15) is 17.0 Å². The van der Waals surface area contributed by atoms with Crippen LogP contribution in [0.2, 0.25) is 0 Å². The molecule has 1 aliphatic carbocycles. The molecule has 4 heterocycles. The Kier molecular flexibility index (Phi) is 5.76. The Bertz CT molecular complexity index is 1560. The number of aromatic amines is 1. The lowest BCUT2D eigenvalue weighted by atomic mass is 9.87. The minimum absolute atomic E-state index is 0.0382. The van der Waals surface area contributed by atoms with Crippen LogP contribution >= 0.6 is 22.7 Å². The first-order chi connectivity index (χ1) is 17.4. The number of amides is 2. The number of nitrogens with one attached hydrogen (secondary N) is 2. The molecule has 1 aliphatic heterocycles. The fourth-order valence-electron chi connectivity index (χ4n) is 5.35. The first-order valence-corrected chi connectivity index (χ1v) is 13.7. The molecule has 0 radical (unpaired) electrons.